The van der Waals surface area contributed by atoms with Gasteiger partial charge in [-0.05, 0) is 68.1 Å². The number of sulfonamides is 1. The van der Waals surface area contributed by atoms with Gasteiger partial charge in [0.2, 0.25) is 15.9 Å². The lowest BCUT2D eigenvalue weighted by molar-refractivity contribution is -0.115. The molecule has 0 bridgehead atoms. The number of pyridine rings is 1. The van der Waals surface area contributed by atoms with Crippen molar-refractivity contribution in [3.8, 4) is 5.75 Å². The Balaban J connectivity index is 1.54. The maximum absolute atomic E-state index is 13.0. The number of carbonyl (C=O) groups is 1. The average molecular weight is 500 g/mol. The molecule has 1 unspecified atom stereocenters. The lowest BCUT2D eigenvalue weighted by atomic mass is 10.1. The van der Waals surface area contributed by atoms with Gasteiger partial charge in [0.25, 0.3) is 0 Å². The number of aromatic nitrogens is 1. The predicted octanol–water partition coefficient (Wildman–Crippen LogP) is 4.85. The standard InChI is InChI=1S/C25H29N3O4S2/c1-4-23(25(29)26-18-8-7-9-19(15-18)32-3)33-24-14-17(2)21-16-20(10-11-22(21)27-24)34(30,31)28-12-5-6-13-28/h7-11,14-16,23H,4-6,12-13H2,1-3H3,(H,26,29). The number of aryl methyl sites for hydroxylation is 1. The number of carbonyl (C=O) groups excluding carboxylic acids is 1. The first kappa shape index (κ1) is 24.5. The fraction of sp³-hybridized carbons (Fsp3) is 0.360. The molecule has 4 rings (SSSR count). The number of hydrogen-bond donors (Lipinski definition) is 1. The van der Waals surface area contributed by atoms with Crippen molar-refractivity contribution in [3.63, 3.8) is 0 Å². The summed E-state index contributed by atoms with van der Waals surface area (Å²) in [6.07, 6.45) is 2.43. The third kappa shape index (κ3) is 5.21. The zero-order valence-electron chi connectivity index (χ0n) is 19.6. The molecular formula is C25H29N3O4S2. The van der Waals surface area contributed by atoms with Crippen LogP contribution in [0.5, 0.6) is 5.75 Å². The molecule has 1 amide bonds. The van der Waals surface area contributed by atoms with Crippen LogP contribution in [-0.2, 0) is 14.8 Å². The van der Waals surface area contributed by atoms with E-state index in [9.17, 15) is 13.2 Å². The number of nitrogens with zero attached hydrogens (tertiary/aromatic N) is 2. The number of methoxy groups -OCH3 is 1. The minimum absolute atomic E-state index is 0.104. The van der Waals surface area contributed by atoms with Gasteiger partial charge in [0.15, 0.2) is 0 Å². The normalized spacial score (nSPS) is 15.4. The largest absolute Gasteiger partial charge is 0.497 e. The van der Waals surface area contributed by atoms with Crippen LogP contribution >= 0.6 is 11.8 Å². The summed E-state index contributed by atoms with van der Waals surface area (Å²) in [7, 11) is -1.90. The molecule has 0 saturated carbocycles. The zero-order chi connectivity index (χ0) is 24.3. The smallest absolute Gasteiger partial charge is 0.243 e. The van der Waals surface area contributed by atoms with Crippen LogP contribution in [-0.4, -0.2) is 49.1 Å². The molecule has 1 aromatic heterocycles. The number of hydrogen-bond acceptors (Lipinski definition) is 6. The minimum Gasteiger partial charge on any atom is -0.497 e. The summed E-state index contributed by atoms with van der Waals surface area (Å²) in [6, 6.07) is 14.3. The van der Waals surface area contributed by atoms with E-state index in [1.165, 1.54) is 11.8 Å². The lowest BCUT2D eigenvalue weighted by Crippen LogP contribution is -2.27. The van der Waals surface area contributed by atoms with Crippen LogP contribution < -0.4 is 10.1 Å². The van der Waals surface area contributed by atoms with Crippen molar-refractivity contribution in [3.05, 3.63) is 54.1 Å². The third-order valence-electron chi connectivity index (χ3n) is 5.93. The Kier molecular flexibility index (Phi) is 7.45. The van der Waals surface area contributed by atoms with Crippen molar-refractivity contribution in [1.82, 2.24) is 9.29 Å². The van der Waals surface area contributed by atoms with Crippen molar-refractivity contribution >= 4 is 44.3 Å². The summed E-state index contributed by atoms with van der Waals surface area (Å²) in [4.78, 5) is 17.9. The Morgan fingerprint density at radius 2 is 1.94 bits per heavy atom. The summed E-state index contributed by atoms with van der Waals surface area (Å²) >= 11 is 1.40. The van der Waals surface area contributed by atoms with Gasteiger partial charge >= 0.3 is 0 Å². The van der Waals surface area contributed by atoms with Gasteiger partial charge in [0.1, 0.15) is 5.75 Å². The van der Waals surface area contributed by atoms with Crippen molar-refractivity contribution < 1.29 is 17.9 Å². The fourth-order valence-electron chi connectivity index (χ4n) is 4.03. The second-order valence-electron chi connectivity index (χ2n) is 8.30. The molecule has 2 heterocycles. The van der Waals surface area contributed by atoms with Crippen molar-refractivity contribution in [2.75, 3.05) is 25.5 Å². The Morgan fingerprint density at radius 1 is 1.18 bits per heavy atom. The number of rotatable bonds is 8. The van der Waals surface area contributed by atoms with Gasteiger partial charge in [-0.1, -0.05) is 24.8 Å². The van der Waals surface area contributed by atoms with E-state index in [1.807, 2.05) is 38.1 Å². The maximum Gasteiger partial charge on any atom is 0.243 e. The highest BCUT2D eigenvalue weighted by Gasteiger charge is 2.27. The second kappa shape index (κ2) is 10.3. The van der Waals surface area contributed by atoms with E-state index < -0.39 is 10.0 Å². The fourth-order valence-corrected chi connectivity index (χ4v) is 6.60. The summed E-state index contributed by atoms with van der Waals surface area (Å²) in [5.41, 5.74) is 2.32. The molecule has 1 aliphatic rings. The quantitative estimate of drug-likeness (QED) is 0.446. The Morgan fingerprint density at radius 3 is 2.65 bits per heavy atom. The molecule has 1 aliphatic heterocycles. The maximum atomic E-state index is 13.0. The van der Waals surface area contributed by atoms with Gasteiger partial charge in [-0.2, -0.15) is 4.31 Å². The van der Waals surface area contributed by atoms with E-state index in [0.29, 0.717) is 41.4 Å². The molecule has 180 valence electrons. The van der Waals surface area contributed by atoms with E-state index in [4.69, 9.17) is 9.72 Å². The topological polar surface area (TPSA) is 88.6 Å². The molecule has 3 aromatic rings. The van der Waals surface area contributed by atoms with Gasteiger partial charge in [-0.3, -0.25) is 4.79 Å². The van der Waals surface area contributed by atoms with Crippen LogP contribution in [0.25, 0.3) is 10.9 Å². The Bertz CT molecular complexity index is 1300. The average Bonchev–Trinajstić information content (AvgIpc) is 3.38. The highest BCUT2D eigenvalue weighted by Crippen LogP contribution is 2.31. The van der Waals surface area contributed by atoms with Crippen molar-refractivity contribution in [1.29, 1.82) is 0 Å². The molecule has 34 heavy (non-hydrogen) atoms. The number of ether oxygens (including phenoxy) is 1. The van der Waals surface area contributed by atoms with Crippen LogP contribution in [0.2, 0.25) is 0 Å². The van der Waals surface area contributed by atoms with E-state index in [0.717, 1.165) is 28.8 Å². The molecule has 2 aromatic carbocycles. The Hall–Kier alpha value is -2.62. The molecular weight excluding hydrogens is 470 g/mol. The Labute approximate surface area is 205 Å². The van der Waals surface area contributed by atoms with Crippen LogP contribution in [0.1, 0.15) is 31.7 Å². The number of amides is 1. The monoisotopic (exact) mass is 499 g/mol. The predicted molar refractivity (Wildman–Crippen MR) is 136 cm³/mol. The summed E-state index contributed by atoms with van der Waals surface area (Å²) in [5, 5.41) is 4.16. The molecule has 0 spiro atoms. The van der Waals surface area contributed by atoms with Crippen LogP contribution in [0.15, 0.2) is 58.5 Å². The second-order valence-corrected chi connectivity index (χ2v) is 11.5. The zero-order valence-corrected chi connectivity index (χ0v) is 21.2. The number of nitrogens with one attached hydrogen (secondary N) is 1. The molecule has 1 atom stereocenters. The first-order chi connectivity index (χ1) is 16.3. The molecule has 0 radical (unpaired) electrons. The van der Waals surface area contributed by atoms with Gasteiger partial charge in [0.05, 0.1) is 27.8 Å². The minimum atomic E-state index is -3.49. The third-order valence-corrected chi connectivity index (χ3v) is 9.11. The van der Waals surface area contributed by atoms with Gasteiger partial charge < -0.3 is 10.1 Å². The van der Waals surface area contributed by atoms with Gasteiger partial charge in [-0.15, -0.1) is 0 Å². The van der Waals surface area contributed by atoms with Crippen LogP contribution in [0.4, 0.5) is 5.69 Å². The molecule has 9 heteroatoms. The van der Waals surface area contributed by atoms with Gasteiger partial charge in [0, 0.05) is 30.2 Å². The number of anilines is 1. The van der Waals surface area contributed by atoms with Crippen LogP contribution in [0, 0.1) is 6.92 Å². The number of benzene rings is 2. The van der Waals surface area contributed by atoms with E-state index in [-0.39, 0.29) is 11.2 Å². The molecule has 1 saturated heterocycles. The summed E-state index contributed by atoms with van der Waals surface area (Å²) in [6.45, 7) is 5.05. The lowest BCUT2D eigenvalue weighted by Gasteiger charge is -2.17. The molecule has 1 fully saturated rings. The highest BCUT2D eigenvalue weighted by atomic mass is 32.2. The molecule has 0 aliphatic carbocycles. The van der Waals surface area contributed by atoms with Crippen LogP contribution in [0.3, 0.4) is 0 Å². The van der Waals surface area contributed by atoms with E-state index in [2.05, 4.69) is 5.32 Å². The summed E-state index contributed by atoms with van der Waals surface area (Å²) < 4.78 is 32.7. The van der Waals surface area contributed by atoms with Crippen molar-refractivity contribution in [2.24, 2.45) is 0 Å². The first-order valence-electron chi connectivity index (χ1n) is 11.3. The van der Waals surface area contributed by atoms with E-state index in [1.54, 1.807) is 35.7 Å². The van der Waals surface area contributed by atoms with Gasteiger partial charge in [-0.25, -0.2) is 13.4 Å². The first-order valence-corrected chi connectivity index (χ1v) is 13.7. The summed E-state index contributed by atoms with van der Waals surface area (Å²) in [5.74, 6) is 0.573. The molecule has 7 nitrogen and oxygen atoms in total. The highest BCUT2D eigenvalue weighted by molar-refractivity contribution is 8.00. The number of thioether (sulfide) groups is 1. The SMILES string of the molecule is CCC(Sc1cc(C)c2cc(S(=O)(=O)N3CCCC3)ccc2n1)C(=O)Nc1cccc(OC)c1. The van der Waals surface area contributed by atoms with E-state index >= 15 is 0 Å². The van der Waals surface area contributed by atoms with Crippen molar-refractivity contribution in [2.45, 2.75) is 48.3 Å². The molecule has 1 N–H and O–H groups in total. The number of fused-ring (bicyclic) bond motifs is 1.